The molecule has 2 aliphatic rings. The summed E-state index contributed by atoms with van der Waals surface area (Å²) < 4.78 is 0. The van der Waals surface area contributed by atoms with Crippen LogP contribution in [-0.2, 0) is 4.79 Å². The van der Waals surface area contributed by atoms with Gasteiger partial charge in [-0.05, 0) is 31.0 Å². The van der Waals surface area contributed by atoms with Gasteiger partial charge in [0.1, 0.15) is 12.6 Å². The molecule has 23 heavy (non-hydrogen) atoms. The van der Waals surface area contributed by atoms with Crippen molar-refractivity contribution in [1.82, 2.24) is 10.2 Å². The summed E-state index contributed by atoms with van der Waals surface area (Å²) in [4.78, 5) is 26.0. The molecule has 2 N–H and O–H groups in total. The molecule has 2 fully saturated rings. The van der Waals surface area contributed by atoms with Crippen LogP contribution >= 0.6 is 11.6 Å². The van der Waals surface area contributed by atoms with Crippen LogP contribution < -0.4 is 10.6 Å². The van der Waals surface area contributed by atoms with E-state index in [0.29, 0.717) is 11.3 Å². The molecule has 2 atom stereocenters. The van der Waals surface area contributed by atoms with Crippen molar-refractivity contribution in [3.63, 3.8) is 0 Å². The van der Waals surface area contributed by atoms with Crippen molar-refractivity contribution in [2.75, 3.05) is 11.9 Å². The van der Waals surface area contributed by atoms with Gasteiger partial charge in [-0.25, -0.2) is 4.79 Å². The SMILES string of the molecule is N#Cc1ccc(NC(=O)N2CC(=O)N[C@H]3CCCC[C@@H]32)cc1Cl. The molecule has 0 bridgehead atoms. The summed E-state index contributed by atoms with van der Waals surface area (Å²) in [5, 5.41) is 14.9. The maximum atomic E-state index is 12.6. The number of carbonyl (C=O) groups is 2. The number of urea groups is 1. The molecule has 0 radical (unpaired) electrons. The minimum absolute atomic E-state index is 0.0373. The fourth-order valence-corrected chi connectivity index (χ4v) is 3.50. The van der Waals surface area contributed by atoms with Crippen LogP contribution in [0.4, 0.5) is 10.5 Å². The molecule has 7 heteroatoms. The zero-order valence-electron chi connectivity index (χ0n) is 12.5. The van der Waals surface area contributed by atoms with E-state index in [2.05, 4.69) is 10.6 Å². The smallest absolute Gasteiger partial charge is 0.322 e. The summed E-state index contributed by atoms with van der Waals surface area (Å²) in [6, 6.07) is 6.48. The zero-order valence-corrected chi connectivity index (χ0v) is 13.3. The van der Waals surface area contributed by atoms with Crippen molar-refractivity contribution in [2.24, 2.45) is 0 Å². The molecule has 3 rings (SSSR count). The van der Waals surface area contributed by atoms with Crippen LogP contribution in [-0.4, -0.2) is 35.5 Å². The third-order valence-corrected chi connectivity index (χ3v) is 4.70. The van der Waals surface area contributed by atoms with Crippen LogP contribution in [0.15, 0.2) is 18.2 Å². The Labute approximate surface area is 139 Å². The van der Waals surface area contributed by atoms with Gasteiger partial charge in [-0.3, -0.25) is 4.79 Å². The van der Waals surface area contributed by atoms with Gasteiger partial charge in [-0.2, -0.15) is 5.26 Å². The Hall–Kier alpha value is -2.26. The monoisotopic (exact) mass is 332 g/mol. The Kier molecular flexibility index (Phi) is 4.39. The summed E-state index contributed by atoms with van der Waals surface area (Å²) in [5.41, 5.74) is 0.867. The molecule has 1 heterocycles. The predicted molar refractivity (Wildman–Crippen MR) is 86.1 cm³/mol. The molecule has 1 saturated heterocycles. The Morgan fingerprint density at radius 1 is 1.39 bits per heavy atom. The van der Waals surface area contributed by atoms with E-state index in [1.54, 1.807) is 23.1 Å². The molecule has 3 amide bonds. The largest absolute Gasteiger partial charge is 0.350 e. The molecule has 120 valence electrons. The number of halogens is 1. The lowest BCUT2D eigenvalue weighted by atomic mass is 9.87. The molecule has 0 unspecified atom stereocenters. The fraction of sp³-hybridized carbons (Fsp3) is 0.438. The number of carbonyl (C=O) groups excluding carboxylic acids is 2. The number of hydrogen-bond acceptors (Lipinski definition) is 3. The highest BCUT2D eigenvalue weighted by atomic mass is 35.5. The molecule has 1 aromatic carbocycles. The Balaban J connectivity index is 1.75. The summed E-state index contributed by atoms with van der Waals surface area (Å²) in [7, 11) is 0. The average molecular weight is 333 g/mol. The molecule has 0 aromatic heterocycles. The first-order valence-electron chi connectivity index (χ1n) is 7.65. The van der Waals surface area contributed by atoms with Gasteiger partial charge in [0, 0.05) is 11.7 Å². The first kappa shape index (κ1) is 15.6. The second-order valence-corrected chi connectivity index (χ2v) is 6.30. The van der Waals surface area contributed by atoms with Crippen molar-refractivity contribution in [2.45, 2.75) is 37.8 Å². The van der Waals surface area contributed by atoms with Crippen LogP contribution in [0.1, 0.15) is 31.2 Å². The predicted octanol–water partition coefficient (Wildman–Crippen LogP) is 2.49. The van der Waals surface area contributed by atoms with Gasteiger partial charge in [-0.15, -0.1) is 0 Å². The standard InChI is InChI=1S/C16H17ClN4O2/c17-12-7-11(6-5-10(12)8-18)19-16(23)21-9-15(22)20-13-3-1-2-4-14(13)21/h5-7,13-14H,1-4,9H2,(H,19,23)(H,20,22)/t13-,14-/m0/s1. The molecular formula is C16H17ClN4O2. The van der Waals surface area contributed by atoms with Gasteiger partial charge < -0.3 is 15.5 Å². The van der Waals surface area contributed by atoms with Gasteiger partial charge in [0.2, 0.25) is 5.91 Å². The second-order valence-electron chi connectivity index (χ2n) is 5.89. The zero-order chi connectivity index (χ0) is 16.4. The summed E-state index contributed by atoms with van der Waals surface area (Å²) in [6.07, 6.45) is 3.93. The molecule has 1 aromatic rings. The van der Waals surface area contributed by atoms with Crippen LogP contribution in [0, 0.1) is 11.3 Å². The molecule has 1 aliphatic carbocycles. The minimum atomic E-state index is -0.308. The van der Waals surface area contributed by atoms with E-state index >= 15 is 0 Å². The number of anilines is 1. The van der Waals surface area contributed by atoms with E-state index in [1.165, 1.54) is 0 Å². The van der Waals surface area contributed by atoms with E-state index in [-0.39, 0.29) is 35.6 Å². The van der Waals surface area contributed by atoms with Crippen molar-refractivity contribution < 1.29 is 9.59 Å². The molecule has 1 saturated carbocycles. The maximum absolute atomic E-state index is 12.6. The molecule has 6 nitrogen and oxygen atoms in total. The second kappa shape index (κ2) is 6.47. The van der Waals surface area contributed by atoms with Gasteiger partial charge in [0.05, 0.1) is 16.6 Å². The highest BCUT2D eigenvalue weighted by Gasteiger charge is 2.38. The molecular weight excluding hydrogens is 316 g/mol. The number of nitrogens with one attached hydrogen (secondary N) is 2. The van der Waals surface area contributed by atoms with Crippen molar-refractivity contribution in [1.29, 1.82) is 5.26 Å². The highest BCUT2D eigenvalue weighted by molar-refractivity contribution is 6.32. The van der Waals surface area contributed by atoms with E-state index in [9.17, 15) is 9.59 Å². The minimum Gasteiger partial charge on any atom is -0.350 e. The summed E-state index contributed by atoms with van der Waals surface area (Å²) in [5.74, 6) is -0.124. The fourth-order valence-electron chi connectivity index (χ4n) is 3.28. The quantitative estimate of drug-likeness (QED) is 0.828. The molecule has 1 aliphatic heterocycles. The summed E-state index contributed by atoms with van der Waals surface area (Å²) in [6.45, 7) is 0.0665. The van der Waals surface area contributed by atoms with Gasteiger partial charge in [0.25, 0.3) is 0 Å². The number of nitriles is 1. The number of amides is 3. The van der Waals surface area contributed by atoms with Gasteiger partial charge in [-0.1, -0.05) is 24.4 Å². The van der Waals surface area contributed by atoms with Crippen LogP contribution in [0.3, 0.4) is 0 Å². The van der Waals surface area contributed by atoms with Crippen molar-refractivity contribution in [3.8, 4) is 6.07 Å². The number of rotatable bonds is 1. The lowest BCUT2D eigenvalue weighted by Gasteiger charge is -2.43. The topological polar surface area (TPSA) is 85.2 Å². The Bertz CT molecular complexity index is 685. The molecule has 0 spiro atoms. The van der Waals surface area contributed by atoms with Crippen molar-refractivity contribution in [3.05, 3.63) is 28.8 Å². The number of hydrogen-bond donors (Lipinski definition) is 2. The number of fused-ring (bicyclic) bond motifs is 1. The third-order valence-electron chi connectivity index (χ3n) is 4.39. The van der Waals surface area contributed by atoms with E-state index < -0.39 is 0 Å². The van der Waals surface area contributed by atoms with E-state index in [4.69, 9.17) is 16.9 Å². The first-order chi connectivity index (χ1) is 11.1. The van der Waals surface area contributed by atoms with Gasteiger partial charge in [0.15, 0.2) is 0 Å². The van der Waals surface area contributed by atoms with Crippen LogP contribution in [0.2, 0.25) is 5.02 Å². The number of nitrogens with zero attached hydrogens (tertiary/aromatic N) is 2. The third kappa shape index (κ3) is 3.25. The summed E-state index contributed by atoms with van der Waals surface area (Å²) >= 11 is 5.98. The Morgan fingerprint density at radius 3 is 2.91 bits per heavy atom. The van der Waals surface area contributed by atoms with Crippen LogP contribution in [0.25, 0.3) is 0 Å². The maximum Gasteiger partial charge on any atom is 0.322 e. The lowest BCUT2D eigenvalue weighted by Crippen LogP contribution is -2.63. The first-order valence-corrected chi connectivity index (χ1v) is 8.03. The average Bonchev–Trinajstić information content (AvgIpc) is 2.54. The Morgan fingerprint density at radius 2 is 2.17 bits per heavy atom. The van der Waals surface area contributed by atoms with E-state index in [0.717, 1.165) is 25.7 Å². The normalized spacial score (nSPS) is 23.5. The lowest BCUT2D eigenvalue weighted by molar-refractivity contribution is -0.126. The van der Waals surface area contributed by atoms with Crippen molar-refractivity contribution >= 4 is 29.2 Å². The van der Waals surface area contributed by atoms with Gasteiger partial charge >= 0.3 is 6.03 Å². The highest BCUT2D eigenvalue weighted by Crippen LogP contribution is 2.27. The number of piperazine rings is 1. The van der Waals surface area contributed by atoms with E-state index in [1.807, 2.05) is 6.07 Å². The number of benzene rings is 1. The van der Waals surface area contributed by atoms with Crippen LogP contribution in [0.5, 0.6) is 0 Å².